The average Bonchev–Trinajstić information content (AvgIpc) is 3.21. The molecule has 7 heteroatoms. The molecule has 0 spiro atoms. The molecule has 3 aromatic rings. The lowest BCUT2D eigenvalue weighted by Crippen LogP contribution is -2.27. The molecule has 1 aliphatic rings. The number of hydrogen-bond donors (Lipinski definition) is 1. The van der Waals surface area contributed by atoms with Crippen molar-refractivity contribution in [2.75, 3.05) is 0 Å². The lowest BCUT2D eigenvalue weighted by atomic mass is 9.85. The molecule has 1 aliphatic carbocycles. The molecule has 6 nitrogen and oxygen atoms in total. The van der Waals surface area contributed by atoms with Crippen LogP contribution in [0.15, 0.2) is 51.5 Å². The normalized spacial score (nSPS) is 14.2. The zero-order chi connectivity index (χ0) is 17.9. The fourth-order valence-corrected chi connectivity index (χ4v) is 3.41. The van der Waals surface area contributed by atoms with Gasteiger partial charge in [0.1, 0.15) is 12.2 Å². The molecule has 0 saturated heterocycles. The first-order chi connectivity index (χ1) is 12.7. The van der Waals surface area contributed by atoms with Gasteiger partial charge in [0.15, 0.2) is 0 Å². The molecule has 4 rings (SSSR count). The average molecular weight is 415 g/mol. The Kier molecular flexibility index (Phi) is 4.88. The maximum atomic E-state index is 12.3. The van der Waals surface area contributed by atoms with E-state index < -0.39 is 0 Å². The summed E-state index contributed by atoms with van der Waals surface area (Å²) in [6.45, 7) is 0.693. The molecule has 0 radical (unpaired) electrons. The van der Waals surface area contributed by atoms with Gasteiger partial charge in [-0.2, -0.15) is 0 Å². The molecule has 1 fully saturated rings. The highest BCUT2D eigenvalue weighted by Crippen LogP contribution is 2.36. The minimum absolute atomic E-state index is 0.0684. The van der Waals surface area contributed by atoms with E-state index in [1.165, 1.54) is 6.42 Å². The molecule has 1 amide bonds. The van der Waals surface area contributed by atoms with Crippen molar-refractivity contribution in [3.63, 3.8) is 0 Å². The summed E-state index contributed by atoms with van der Waals surface area (Å²) in [7, 11) is 0. The molecule has 0 bridgehead atoms. The van der Waals surface area contributed by atoms with E-state index in [2.05, 4.69) is 31.4 Å². The molecule has 1 N–H and O–H groups in total. The van der Waals surface area contributed by atoms with Gasteiger partial charge in [-0.3, -0.25) is 4.79 Å². The highest BCUT2D eigenvalue weighted by molar-refractivity contribution is 9.10. The second-order valence-corrected chi connectivity index (χ2v) is 7.42. The van der Waals surface area contributed by atoms with Crippen molar-refractivity contribution in [3.8, 4) is 11.6 Å². The SMILES string of the molecule is O=C(Cn1cccc1-c1nnc(C2CCC2)o1)NCc1cccc(Br)c1. The highest BCUT2D eigenvalue weighted by atomic mass is 79.9. The Hall–Kier alpha value is -2.41. The molecule has 26 heavy (non-hydrogen) atoms. The van der Waals surface area contributed by atoms with Gasteiger partial charge in [0.2, 0.25) is 11.8 Å². The minimum Gasteiger partial charge on any atom is -0.419 e. The second kappa shape index (κ2) is 7.45. The predicted molar refractivity (Wildman–Crippen MR) is 100 cm³/mol. The van der Waals surface area contributed by atoms with Gasteiger partial charge in [0.25, 0.3) is 5.89 Å². The second-order valence-electron chi connectivity index (χ2n) is 6.50. The molecule has 134 valence electrons. The Morgan fingerprint density at radius 1 is 1.27 bits per heavy atom. The number of carbonyl (C=O) groups excluding carboxylic acids is 1. The van der Waals surface area contributed by atoms with Gasteiger partial charge >= 0.3 is 0 Å². The third-order valence-electron chi connectivity index (χ3n) is 4.64. The lowest BCUT2D eigenvalue weighted by molar-refractivity contribution is -0.121. The van der Waals surface area contributed by atoms with Gasteiger partial charge in [-0.05, 0) is 42.7 Å². The van der Waals surface area contributed by atoms with Crippen molar-refractivity contribution in [1.82, 2.24) is 20.1 Å². The largest absolute Gasteiger partial charge is 0.419 e. The topological polar surface area (TPSA) is 73.0 Å². The molecule has 1 aromatic carbocycles. The first-order valence-corrected chi connectivity index (χ1v) is 9.48. The van der Waals surface area contributed by atoms with Crippen LogP contribution in [0.4, 0.5) is 0 Å². The molecule has 2 heterocycles. The Bertz CT molecular complexity index is 914. The first-order valence-electron chi connectivity index (χ1n) is 8.69. The third-order valence-corrected chi connectivity index (χ3v) is 5.13. The van der Waals surface area contributed by atoms with Crippen LogP contribution in [0.2, 0.25) is 0 Å². The smallest absolute Gasteiger partial charge is 0.264 e. The van der Waals surface area contributed by atoms with Crippen molar-refractivity contribution in [3.05, 3.63) is 58.5 Å². The fourth-order valence-electron chi connectivity index (χ4n) is 2.96. The van der Waals surface area contributed by atoms with Gasteiger partial charge in [0.05, 0.1) is 0 Å². The molecule has 0 aliphatic heterocycles. The molecule has 1 saturated carbocycles. The van der Waals surface area contributed by atoms with E-state index >= 15 is 0 Å². The Morgan fingerprint density at radius 2 is 2.15 bits per heavy atom. The number of amides is 1. The summed E-state index contributed by atoms with van der Waals surface area (Å²) >= 11 is 3.43. The number of benzene rings is 1. The monoisotopic (exact) mass is 414 g/mol. The Labute approximate surface area is 159 Å². The van der Waals surface area contributed by atoms with Crippen molar-refractivity contribution in [2.45, 2.75) is 38.3 Å². The van der Waals surface area contributed by atoms with E-state index in [-0.39, 0.29) is 12.5 Å². The van der Waals surface area contributed by atoms with Crippen LogP contribution in [0.25, 0.3) is 11.6 Å². The van der Waals surface area contributed by atoms with Crippen molar-refractivity contribution in [2.24, 2.45) is 0 Å². The van der Waals surface area contributed by atoms with Crippen LogP contribution in [-0.2, 0) is 17.9 Å². The number of rotatable bonds is 6. The van der Waals surface area contributed by atoms with Crippen LogP contribution in [0, 0.1) is 0 Å². The van der Waals surface area contributed by atoms with E-state index in [0.717, 1.165) is 28.6 Å². The summed E-state index contributed by atoms with van der Waals surface area (Å²) in [5.41, 5.74) is 1.81. The third kappa shape index (κ3) is 3.72. The number of hydrogen-bond acceptors (Lipinski definition) is 4. The van der Waals surface area contributed by atoms with Crippen LogP contribution < -0.4 is 5.32 Å². The van der Waals surface area contributed by atoms with Crippen LogP contribution in [0.3, 0.4) is 0 Å². The van der Waals surface area contributed by atoms with Gasteiger partial charge in [-0.1, -0.05) is 34.5 Å². The summed E-state index contributed by atoms with van der Waals surface area (Å²) in [5.74, 6) is 1.50. The number of carbonyl (C=O) groups is 1. The fraction of sp³-hybridized carbons (Fsp3) is 0.316. The van der Waals surface area contributed by atoms with Crippen LogP contribution in [-0.4, -0.2) is 20.7 Å². The maximum absolute atomic E-state index is 12.3. The van der Waals surface area contributed by atoms with Crippen LogP contribution >= 0.6 is 15.9 Å². The van der Waals surface area contributed by atoms with E-state index in [1.54, 1.807) is 0 Å². The van der Waals surface area contributed by atoms with E-state index in [1.807, 2.05) is 47.2 Å². The highest BCUT2D eigenvalue weighted by Gasteiger charge is 2.26. The van der Waals surface area contributed by atoms with E-state index in [4.69, 9.17) is 4.42 Å². The summed E-state index contributed by atoms with van der Waals surface area (Å²) < 4.78 is 8.64. The van der Waals surface area contributed by atoms with Gasteiger partial charge < -0.3 is 14.3 Å². The Morgan fingerprint density at radius 3 is 2.92 bits per heavy atom. The van der Waals surface area contributed by atoms with Gasteiger partial charge in [-0.25, -0.2) is 0 Å². The number of aromatic nitrogens is 3. The van der Waals surface area contributed by atoms with Crippen molar-refractivity contribution in [1.29, 1.82) is 0 Å². The standard InChI is InChI=1S/C19H19BrN4O2/c20-15-7-1-4-13(10-15)11-21-17(25)12-24-9-3-8-16(24)19-23-22-18(26-19)14-5-2-6-14/h1,3-4,7-10,14H,2,5-6,11-12H2,(H,21,25). The Balaban J connectivity index is 1.40. The molecule has 0 atom stereocenters. The predicted octanol–water partition coefficient (Wildman–Crippen LogP) is 3.88. The van der Waals surface area contributed by atoms with Gasteiger partial charge in [-0.15, -0.1) is 10.2 Å². The van der Waals surface area contributed by atoms with Crippen molar-refractivity contribution < 1.29 is 9.21 Å². The van der Waals surface area contributed by atoms with E-state index in [9.17, 15) is 4.79 Å². The minimum atomic E-state index is -0.0684. The molecular weight excluding hydrogens is 396 g/mol. The zero-order valence-electron chi connectivity index (χ0n) is 14.2. The quantitative estimate of drug-likeness (QED) is 0.663. The maximum Gasteiger partial charge on any atom is 0.264 e. The van der Waals surface area contributed by atoms with E-state index in [0.29, 0.717) is 24.2 Å². The van der Waals surface area contributed by atoms with Crippen LogP contribution in [0.1, 0.15) is 36.6 Å². The lowest BCUT2D eigenvalue weighted by Gasteiger charge is -2.20. The van der Waals surface area contributed by atoms with Crippen molar-refractivity contribution >= 4 is 21.8 Å². The molecule has 0 unspecified atom stereocenters. The zero-order valence-corrected chi connectivity index (χ0v) is 15.8. The summed E-state index contributed by atoms with van der Waals surface area (Å²) in [6.07, 6.45) is 5.29. The van der Waals surface area contributed by atoms with Gasteiger partial charge in [0, 0.05) is 23.1 Å². The summed E-state index contributed by atoms with van der Waals surface area (Å²) in [5, 5.41) is 11.3. The summed E-state index contributed by atoms with van der Waals surface area (Å²) in [6, 6.07) is 11.6. The summed E-state index contributed by atoms with van der Waals surface area (Å²) in [4.78, 5) is 12.3. The number of nitrogens with one attached hydrogen (secondary N) is 1. The molecule has 2 aromatic heterocycles. The molecular formula is C19H19BrN4O2. The number of halogens is 1. The number of nitrogens with zero attached hydrogens (tertiary/aromatic N) is 3. The van der Waals surface area contributed by atoms with Crippen LogP contribution in [0.5, 0.6) is 0 Å². The first kappa shape index (κ1) is 17.0.